The van der Waals surface area contributed by atoms with Gasteiger partial charge < -0.3 is 0 Å². The van der Waals surface area contributed by atoms with E-state index in [4.69, 9.17) is 0 Å². The molecule has 0 N–H and O–H groups in total. The third-order valence-corrected chi connectivity index (χ3v) is 10.2. The van der Waals surface area contributed by atoms with E-state index >= 15 is 0 Å². The van der Waals surface area contributed by atoms with E-state index in [0.29, 0.717) is 0 Å². The number of fused-ring (bicyclic) bond motifs is 1. The number of benzene rings is 2. The van der Waals surface area contributed by atoms with Crippen LogP contribution in [-0.4, -0.2) is 22.4 Å². The van der Waals surface area contributed by atoms with Gasteiger partial charge in [0.1, 0.15) is 11.4 Å². The standard InChI is InChI=1S/C21H22N2PS/c1-25-21-19-15-24(18-10-6-3-7-11-18,13-12-20(19)22-16-23-21)14-17-8-4-2-5-9-17/h2-11,16H,12-15H2,1H3/q+1. The highest BCUT2D eigenvalue weighted by atomic mass is 32.2. The first-order chi connectivity index (χ1) is 12.3. The molecule has 1 aliphatic heterocycles. The molecule has 25 heavy (non-hydrogen) atoms. The fourth-order valence-electron chi connectivity index (χ4n) is 3.81. The zero-order chi connectivity index (χ0) is 17.1. The Morgan fingerprint density at radius 1 is 0.960 bits per heavy atom. The minimum atomic E-state index is -1.33. The van der Waals surface area contributed by atoms with Crippen LogP contribution in [0.15, 0.2) is 72.0 Å². The minimum absolute atomic E-state index is 1.07. The predicted octanol–water partition coefficient (Wildman–Crippen LogP) is 4.80. The average Bonchev–Trinajstić information content (AvgIpc) is 2.69. The highest BCUT2D eigenvalue weighted by molar-refractivity contribution is 7.98. The Bertz CT molecular complexity index is 840. The first kappa shape index (κ1) is 16.8. The Balaban J connectivity index is 1.80. The van der Waals surface area contributed by atoms with Gasteiger partial charge in [-0.3, -0.25) is 0 Å². The molecule has 4 heteroatoms. The van der Waals surface area contributed by atoms with E-state index in [1.807, 2.05) is 0 Å². The molecule has 1 aliphatic rings. The zero-order valence-electron chi connectivity index (χ0n) is 14.4. The Morgan fingerprint density at radius 2 is 1.68 bits per heavy atom. The Kier molecular flexibility index (Phi) is 4.87. The third kappa shape index (κ3) is 3.36. The van der Waals surface area contributed by atoms with Crippen molar-refractivity contribution in [1.29, 1.82) is 0 Å². The molecule has 0 spiro atoms. The molecule has 2 aromatic carbocycles. The van der Waals surface area contributed by atoms with Crippen LogP contribution in [0.4, 0.5) is 0 Å². The van der Waals surface area contributed by atoms with Crippen LogP contribution < -0.4 is 5.30 Å². The van der Waals surface area contributed by atoms with Crippen molar-refractivity contribution in [2.45, 2.75) is 23.8 Å². The zero-order valence-corrected chi connectivity index (χ0v) is 16.1. The van der Waals surface area contributed by atoms with Crippen LogP contribution in [0.2, 0.25) is 0 Å². The number of aryl methyl sites for hydroxylation is 1. The number of thioether (sulfide) groups is 1. The summed E-state index contributed by atoms with van der Waals surface area (Å²) in [4.78, 5) is 9.13. The average molecular weight is 365 g/mol. The van der Waals surface area contributed by atoms with Gasteiger partial charge in [-0.05, 0) is 24.0 Å². The largest absolute Gasteiger partial charge is 0.241 e. The molecule has 2 nitrogen and oxygen atoms in total. The molecule has 0 fully saturated rings. The maximum atomic E-state index is 4.59. The molecule has 2 heterocycles. The van der Waals surface area contributed by atoms with Crippen molar-refractivity contribution in [1.82, 2.24) is 9.97 Å². The summed E-state index contributed by atoms with van der Waals surface area (Å²) in [5, 5.41) is 2.71. The Hall–Kier alpha value is -1.70. The molecule has 0 aliphatic carbocycles. The monoisotopic (exact) mass is 365 g/mol. The van der Waals surface area contributed by atoms with E-state index < -0.39 is 7.26 Å². The van der Waals surface area contributed by atoms with Gasteiger partial charge in [-0.2, -0.15) is 0 Å². The number of nitrogens with zero attached hydrogens (tertiary/aromatic N) is 2. The van der Waals surface area contributed by atoms with Crippen molar-refractivity contribution in [3.05, 3.63) is 83.8 Å². The number of aromatic nitrogens is 2. The molecule has 0 radical (unpaired) electrons. The maximum Gasteiger partial charge on any atom is 0.116 e. The normalized spacial score (nSPS) is 19.4. The fourth-order valence-corrected chi connectivity index (χ4v) is 8.85. The Labute approximate surface area is 154 Å². The van der Waals surface area contributed by atoms with Gasteiger partial charge in [0, 0.05) is 12.0 Å². The van der Waals surface area contributed by atoms with Gasteiger partial charge in [0.15, 0.2) is 0 Å². The van der Waals surface area contributed by atoms with Crippen molar-refractivity contribution >= 4 is 24.3 Å². The summed E-state index contributed by atoms with van der Waals surface area (Å²) in [5.41, 5.74) is 4.11. The molecular formula is C21H22N2PS+. The molecule has 126 valence electrons. The van der Waals surface area contributed by atoms with Crippen molar-refractivity contribution in [2.24, 2.45) is 0 Å². The second kappa shape index (κ2) is 7.27. The molecule has 0 saturated carbocycles. The molecule has 0 bridgehead atoms. The highest BCUT2D eigenvalue weighted by Gasteiger charge is 2.44. The smallest absolute Gasteiger partial charge is 0.116 e. The van der Waals surface area contributed by atoms with Gasteiger partial charge in [-0.15, -0.1) is 11.8 Å². The second-order valence-corrected chi connectivity index (χ2v) is 11.2. The van der Waals surface area contributed by atoms with Gasteiger partial charge >= 0.3 is 0 Å². The number of hydrogen-bond donors (Lipinski definition) is 0. The van der Waals surface area contributed by atoms with Gasteiger partial charge in [-0.25, -0.2) is 9.97 Å². The van der Waals surface area contributed by atoms with Crippen LogP contribution in [-0.2, 0) is 18.7 Å². The SMILES string of the molecule is CSc1ncnc2c1C[P+](Cc1ccccc1)(c1ccccc1)CC2. The first-order valence-corrected chi connectivity index (χ1v) is 12.2. The third-order valence-electron chi connectivity index (χ3n) is 5.06. The van der Waals surface area contributed by atoms with Crippen molar-refractivity contribution < 1.29 is 0 Å². The molecule has 1 atom stereocenters. The van der Waals surface area contributed by atoms with Gasteiger partial charge in [0.05, 0.1) is 36.7 Å². The van der Waals surface area contributed by atoms with Gasteiger partial charge in [-0.1, -0.05) is 48.5 Å². The van der Waals surface area contributed by atoms with Crippen molar-refractivity contribution in [3.8, 4) is 0 Å². The maximum absolute atomic E-state index is 4.59. The first-order valence-electron chi connectivity index (χ1n) is 8.63. The summed E-state index contributed by atoms with van der Waals surface area (Å²) in [6.45, 7) is 0. The molecule has 1 unspecified atom stereocenters. The van der Waals surface area contributed by atoms with Crippen LogP contribution in [0.25, 0.3) is 0 Å². The topological polar surface area (TPSA) is 25.8 Å². The van der Waals surface area contributed by atoms with E-state index in [1.165, 1.54) is 29.1 Å². The highest BCUT2D eigenvalue weighted by Crippen LogP contribution is 2.65. The lowest BCUT2D eigenvalue weighted by atomic mass is 10.2. The fraction of sp³-hybridized carbons (Fsp3) is 0.238. The van der Waals surface area contributed by atoms with E-state index in [1.54, 1.807) is 23.4 Å². The lowest BCUT2D eigenvalue weighted by Gasteiger charge is -2.32. The van der Waals surface area contributed by atoms with Crippen LogP contribution in [0.5, 0.6) is 0 Å². The lowest BCUT2D eigenvalue weighted by Crippen LogP contribution is -2.25. The number of hydrogen-bond acceptors (Lipinski definition) is 3. The van der Waals surface area contributed by atoms with Gasteiger partial charge in [0.2, 0.25) is 0 Å². The molecule has 1 aromatic heterocycles. The molecule has 0 saturated heterocycles. The van der Waals surface area contributed by atoms with E-state index in [-0.39, 0.29) is 0 Å². The van der Waals surface area contributed by atoms with Gasteiger partial charge in [0.25, 0.3) is 0 Å². The van der Waals surface area contributed by atoms with Crippen molar-refractivity contribution in [2.75, 3.05) is 12.4 Å². The quantitative estimate of drug-likeness (QED) is 0.377. The summed E-state index contributed by atoms with van der Waals surface area (Å²) in [5.74, 6) is 0. The minimum Gasteiger partial charge on any atom is -0.241 e. The summed E-state index contributed by atoms with van der Waals surface area (Å²) < 4.78 is 0. The van der Waals surface area contributed by atoms with Crippen LogP contribution in [0.1, 0.15) is 16.8 Å². The molecule has 0 amide bonds. The summed E-state index contributed by atoms with van der Waals surface area (Å²) in [6.07, 6.45) is 8.45. The van der Waals surface area contributed by atoms with Crippen molar-refractivity contribution in [3.63, 3.8) is 0 Å². The molecule has 3 aromatic rings. The van der Waals surface area contributed by atoms with E-state index in [0.717, 1.165) is 17.6 Å². The molecular weight excluding hydrogens is 343 g/mol. The molecule has 4 rings (SSSR count). The van der Waals surface area contributed by atoms with Crippen LogP contribution in [0, 0.1) is 0 Å². The predicted molar refractivity (Wildman–Crippen MR) is 109 cm³/mol. The van der Waals surface area contributed by atoms with E-state index in [9.17, 15) is 0 Å². The summed E-state index contributed by atoms with van der Waals surface area (Å²) >= 11 is 1.75. The van der Waals surface area contributed by atoms with Crippen LogP contribution in [0.3, 0.4) is 0 Å². The Morgan fingerprint density at radius 3 is 2.40 bits per heavy atom. The lowest BCUT2D eigenvalue weighted by molar-refractivity contribution is 0.878. The van der Waals surface area contributed by atoms with Crippen LogP contribution >= 0.6 is 19.0 Å². The second-order valence-electron chi connectivity index (χ2n) is 6.56. The number of rotatable bonds is 4. The summed E-state index contributed by atoms with van der Waals surface area (Å²) in [6, 6.07) is 22.1. The van der Waals surface area contributed by atoms with E-state index in [2.05, 4.69) is 76.9 Å². The summed E-state index contributed by atoms with van der Waals surface area (Å²) in [7, 11) is -1.33.